The van der Waals surface area contributed by atoms with Gasteiger partial charge in [0.25, 0.3) is 5.56 Å². The lowest BCUT2D eigenvalue weighted by Crippen LogP contribution is -2.34. The molecule has 0 spiro atoms. The van der Waals surface area contributed by atoms with Crippen LogP contribution in [0.3, 0.4) is 0 Å². The van der Waals surface area contributed by atoms with E-state index in [-0.39, 0.29) is 10.5 Å². The van der Waals surface area contributed by atoms with Crippen LogP contribution in [0.15, 0.2) is 52.3 Å². The maximum absolute atomic E-state index is 12.4. The Morgan fingerprint density at radius 3 is 2.25 bits per heavy atom. The van der Waals surface area contributed by atoms with Crippen LogP contribution in [0.2, 0.25) is 0 Å². The van der Waals surface area contributed by atoms with E-state index in [4.69, 9.17) is 0 Å². The molecule has 3 rings (SSSR count). The summed E-state index contributed by atoms with van der Waals surface area (Å²) in [5.74, 6) is 0.494. The van der Waals surface area contributed by atoms with Gasteiger partial charge in [0.2, 0.25) is 10.0 Å². The first kappa shape index (κ1) is 20.8. The van der Waals surface area contributed by atoms with Gasteiger partial charge < -0.3 is 4.57 Å². The summed E-state index contributed by atoms with van der Waals surface area (Å²) in [6, 6.07) is 11.7. The molecule has 152 valence electrons. The minimum absolute atomic E-state index is 0.133. The molecule has 28 heavy (non-hydrogen) atoms. The number of pyridine rings is 1. The van der Waals surface area contributed by atoms with Crippen molar-refractivity contribution in [3.05, 3.63) is 64.1 Å². The zero-order valence-corrected chi connectivity index (χ0v) is 17.8. The molecular weight excluding hydrogens is 374 g/mol. The zero-order chi connectivity index (χ0) is 20.5. The molecule has 0 aliphatic heterocycles. The van der Waals surface area contributed by atoms with E-state index in [1.807, 2.05) is 0 Å². The average molecular weight is 404 g/mol. The van der Waals surface area contributed by atoms with E-state index in [1.165, 1.54) is 48.1 Å². The van der Waals surface area contributed by atoms with E-state index < -0.39 is 10.0 Å². The highest BCUT2D eigenvalue weighted by molar-refractivity contribution is 7.89. The van der Waals surface area contributed by atoms with Crippen molar-refractivity contribution in [1.29, 1.82) is 0 Å². The van der Waals surface area contributed by atoms with Crippen molar-refractivity contribution in [1.82, 2.24) is 13.8 Å². The van der Waals surface area contributed by atoms with Crippen LogP contribution in [-0.4, -0.2) is 42.3 Å². The molecule has 0 saturated heterocycles. The normalized spacial score (nSPS) is 15.0. The molecule has 1 aliphatic rings. The van der Waals surface area contributed by atoms with E-state index in [9.17, 15) is 13.2 Å². The van der Waals surface area contributed by atoms with Crippen LogP contribution in [0.25, 0.3) is 0 Å². The second-order valence-electron chi connectivity index (χ2n) is 7.98. The quantitative estimate of drug-likeness (QED) is 0.680. The predicted molar refractivity (Wildman–Crippen MR) is 111 cm³/mol. The minimum Gasteiger partial charge on any atom is -0.301 e. The third-order valence-corrected chi connectivity index (χ3v) is 6.96. The number of aromatic nitrogens is 1. The van der Waals surface area contributed by atoms with E-state index in [1.54, 1.807) is 0 Å². The lowest BCUT2D eigenvalue weighted by molar-refractivity contribution is 0.195. The third kappa shape index (κ3) is 4.71. The number of benzene rings is 1. The van der Waals surface area contributed by atoms with Gasteiger partial charge in [-0.2, -0.15) is 0 Å². The van der Waals surface area contributed by atoms with Crippen molar-refractivity contribution in [3.63, 3.8) is 0 Å². The zero-order valence-electron chi connectivity index (χ0n) is 17.0. The number of hydrogen-bond donors (Lipinski definition) is 0. The summed E-state index contributed by atoms with van der Waals surface area (Å²) < 4.78 is 27.5. The summed E-state index contributed by atoms with van der Waals surface area (Å²) in [5, 5.41) is 0. The van der Waals surface area contributed by atoms with Crippen molar-refractivity contribution in [3.8, 4) is 0 Å². The largest absolute Gasteiger partial charge is 0.301 e. The van der Waals surface area contributed by atoms with Crippen LogP contribution in [-0.2, 0) is 23.2 Å². The molecule has 1 fully saturated rings. The van der Waals surface area contributed by atoms with E-state index in [0.717, 1.165) is 23.7 Å². The van der Waals surface area contributed by atoms with Crippen LogP contribution in [0, 0.1) is 0 Å². The van der Waals surface area contributed by atoms with Crippen LogP contribution >= 0.6 is 0 Å². The number of nitrogens with zero attached hydrogens (tertiary/aromatic N) is 3. The van der Waals surface area contributed by atoms with Crippen molar-refractivity contribution < 1.29 is 8.42 Å². The Balaban J connectivity index is 1.82. The maximum Gasteiger partial charge on any atom is 0.251 e. The van der Waals surface area contributed by atoms with Gasteiger partial charge >= 0.3 is 0 Å². The minimum atomic E-state index is -3.57. The molecule has 1 aromatic carbocycles. The van der Waals surface area contributed by atoms with Gasteiger partial charge in [0.05, 0.1) is 11.6 Å². The maximum atomic E-state index is 12.4. The van der Waals surface area contributed by atoms with Crippen LogP contribution in [0.4, 0.5) is 0 Å². The molecule has 7 heteroatoms. The molecule has 0 unspecified atom stereocenters. The molecule has 0 bridgehead atoms. The van der Waals surface area contributed by atoms with Crippen molar-refractivity contribution >= 4 is 10.0 Å². The molecule has 1 aromatic heterocycles. The molecule has 2 aromatic rings. The molecular formula is C21H29N3O3S. The first-order valence-electron chi connectivity index (χ1n) is 9.64. The lowest BCUT2D eigenvalue weighted by atomic mass is 10.0. The van der Waals surface area contributed by atoms with E-state index >= 15 is 0 Å². The van der Waals surface area contributed by atoms with Gasteiger partial charge in [-0.25, -0.2) is 12.7 Å². The first-order valence-corrected chi connectivity index (χ1v) is 11.1. The second-order valence-corrected chi connectivity index (χ2v) is 10.1. The molecule has 0 N–H and O–H groups in total. The smallest absolute Gasteiger partial charge is 0.251 e. The first-order chi connectivity index (χ1) is 13.2. The molecule has 1 aliphatic carbocycles. The fourth-order valence-electron chi connectivity index (χ4n) is 3.16. The number of rotatable bonds is 8. The van der Waals surface area contributed by atoms with Crippen LogP contribution in [0.1, 0.15) is 43.7 Å². The summed E-state index contributed by atoms with van der Waals surface area (Å²) in [5.41, 5.74) is 2.31. The Bertz CT molecular complexity index is 975. The third-order valence-electron chi connectivity index (χ3n) is 5.16. The van der Waals surface area contributed by atoms with Gasteiger partial charge in [-0.3, -0.25) is 9.69 Å². The highest BCUT2D eigenvalue weighted by Crippen LogP contribution is 2.29. The van der Waals surface area contributed by atoms with Gasteiger partial charge in [0.15, 0.2) is 0 Å². The van der Waals surface area contributed by atoms with Crippen molar-refractivity contribution in [2.75, 3.05) is 14.1 Å². The summed E-state index contributed by atoms with van der Waals surface area (Å²) in [6.07, 6.45) is 3.66. The Labute approximate surface area is 167 Å². The van der Waals surface area contributed by atoms with Crippen LogP contribution < -0.4 is 5.56 Å². The van der Waals surface area contributed by atoms with Gasteiger partial charge in [0, 0.05) is 38.9 Å². The van der Waals surface area contributed by atoms with Gasteiger partial charge in [0.1, 0.15) is 0 Å². The lowest BCUT2D eigenvalue weighted by Gasteiger charge is -2.24. The van der Waals surface area contributed by atoms with Crippen LogP contribution in [0.5, 0.6) is 0 Å². The Morgan fingerprint density at radius 2 is 1.71 bits per heavy atom. The standard InChI is InChI=1S/C21H29N3O3S/c1-16(2)18-7-5-17(6-8-18)13-23(19-9-10-19)15-24-14-20(11-12-21(24)25)28(26,27)22(3)4/h5-8,11-12,14,16,19H,9-10,13,15H2,1-4H3. The topological polar surface area (TPSA) is 62.6 Å². The molecule has 0 amide bonds. The average Bonchev–Trinajstić information content (AvgIpc) is 3.48. The molecule has 0 atom stereocenters. The van der Waals surface area contributed by atoms with Gasteiger partial charge in [-0.15, -0.1) is 0 Å². The second kappa shape index (κ2) is 8.19. The molecule has 0 radical (unpaired) electrons. The molecule has 1 saturated carbocycles. The summed E-state index contributed by atoms with van der Waals surface area (Å²) in [7, 11) is -0.597. The fourth-order valence-corrected chi connectivity index (χ4v) is 4.08. The fraction of sp³-hybridized carbons (Fsp3) is 0.476. The van der Waals surface area contributed by atoms with Crippen molar-refractivity contribution in [2.45, 2.75) is 56.8 Å². The monoisotopic (exact) mass is 403 g/mol. The molecule has 1 heterocycles. The Morgan fingerprint density at radius 1 is 1.07 bits per heavy atom. The number of hydrogen-bond acceptors (Lipinski definition) is 4. The summed E-state index contributed by atoms with van der Waals surface area (Å²) >= 11 is 0. The van der Waals surface area contributed by atoms with Gasteiger partial charge in [-0.05, 0) is 36.0 Å². The Kier molecular flexibility index (Phi) is 6.07. The summed E-state index contributed by atoms with van der Waals surface area (Å²) in [4.78, 5) is 14.7. The van der Waals surface area contributed by atoms with E-state index in [0.29, 0.717) is 18.6 Å². The molecule has 6 nitrogen and oxygen atoms in total. The highest BCUT2D eigenvalue weighted by atomic mass is 32.2. The van der Waals surface area contributed by atoms with Crippen molar-refractivity contribution in [2.24, 2.45) is 0 Å². The van der Waals surface area contributed by atoms with E-state index in [2.05, 4.69) is 43.0 Å². The summed E-state index contributed by atoms with van der Waals surface area (Å²) in [6.45, 7) is 5.46. The highest BCUT2D eigenvalue weighted by Gasteiger charge is 2.29. The SMILES string of the molecule is CC(C)c1ccc(CN(Cn2cc(S(=O)(=O)N(C)C)ccc2=O)C2CC2)cc1. The van der Waals surface area contributed by atoms with Gasteiger partial charge in [-0.1, -0.05) is 38.1 Å². The Hall–Kier alpha value is -1.96. The predicted octanol–water partition coefficient (Wildman–Crippen LogP) is 2.84. The number of sulfonamides is 1.